The van der Waals surface area contributed by atoms with Crippen molar-refractivity contribution in [2.75, 3.05) is 0 Å². The lowest BCUT2D eigenvalue weighted by molar-refractivity contribution is 0.396. The number of benzene rings is 2. The molecule has 4 nitrogen and oxygen atoms in total. The third-order valence-corrected chi connectivity index (χ3v) is 6.26. The zero-order valence-electron chi connectivity index (χ0n) is 16.6. The smallest absolute Gasteiger partial charge is 0.198 e. The van der Waals surface area contributed by atoms with Crippen LogP contribution in [0.5, 0.6) is 0 Å². The Kier molecular flexibility index (Phi) is 2.79. The summed E-state index contributed by atoms with van der Waals surface area (Å²) in [5.74, 6) is 0. The molecule has 0 spiro atoms. The number of rotatable bonds is 0. The summed E-state index contributed by atoms with van der Waals surface area (Å²) in [6.45, 7) is 9.08. The van der Waals surface area contributed by atoms with Gasteiger partial charge in [-0.15, -0.1) is 0 Å². The Balaban J connectivity index is 1.88. The Morgan fingerprint density at radius 1 is 0.679 bits per heavy atom. The van der Waals surface area contributed by atoms with Gasteiger partial charge in [-0.1, -0.05) is 70.2 Å². The average Bonchev–Trinajstić information content (AvgIpc) is 3.13. The fourth-order valence-electron chi connectivity index (χ4n) is 5.33. The molecule has 138 valence electrons. The number of para-hydroxylation sites is 1. The number of pyridine rings is 1. The summed E-state index contributed by atoms with van der Waals surface area (Å²) in [5.41, 5.74) is 5.90. The second-order valence-corrected chi connectivity index (χ2v) is 9.35. The van der Waals surface area contributed by atoms with Crippen LogP contribution in [0.1, 0.15) is 45.5 Å². The molecular formula is C24H22N4. The maximum Gasteiger partial charge on any atom is 0.198 e. The first kappa shape index (κ1) is 16.0. The summed E-state index contributed by atoms with van der Waals surface area (Å²) in [5, 5.41) is 3.57. The molecule has 28 heavy (non-hydrogen) atoms. The molecular weight excluding hydrogens is 344 g/mol. The molecule has 0 amide bonds. The minimum Gasteiger partial charge on any atom is -0.275 e. The monoisotopic (exact) mass is 366 g/mol. The number of fused-ring (bicyclic) bond motifs is 9. The Hall–Kier alpha value is -3.01. The van der Waals surface area contributed by atoms with E-state index in [2.05, 4.69) is 80.6 Å². The molecule has 0 unspecified atom stereocenters. The van der Waals surface area contributed by atoms with Gasteiger partial charge in [-0.2, -0.15) is 0 Å². The van der Waals surface area contributed by atoms with Gasteiger partial charge in [0.2, 0.25) is 0 Å². The van der Waals surface area contributed by atoms with E-state index in [1.807, 2.05) is 0 Å². The quantitative estimate of drug-likeness (QED) is 0.338. The normalized spacial score (nSPS) is 17.7. The van der Waals surface area contributed by atoms with Gasteiger partial charge in [-0.3, -0.25) is 4.40 Å². The van der Waals surface area contributed by atoms with Crippen molar-refractivity contribution < 1.29 is 0 Å². The van der Waals surface area contributed by atoms with Crippen molar-refractivity contribution in [3.8, 4) is 0 Å². The summed E-state index contributed by atoms with van der Waals surface area (Å²) in [4.78, 5) is 15.2. The molecule has 0 atom stereocenters. The van der Waals surface area contributed by atoms with Crippen LogP contribution >= 0.6 is 0 Å². The Bertz CT molecular complexity index is 1440. The lowest BCUT2D eigenvalue weighted by Crippen LogP contribution is -2.18. The highest BCUT2D eigenvalue weighted by Crippen LogP contribution is 2.48. The van der Waals surface area contributed by atoms with Gasteiger partial charge in [0.25, 0.3) is 0 Å². The molecule has 3 aromatic heterocycles. The van der Waals surface area contributed by atoms with Gasteiger partial charge in [-0.05, 0) is 17.9 Å². The van der Waals surface area contributed by atoms with Crippen molar-refractivity contribution >= 4 is 38.6 Å². The fourth-order valence-corrected chi connectivity index (χ4v) is 5.33. The molecule has 1 aliphatic carbocycles. The van der Waals surface area contributed by atoms with Gasteiger partial charge in [0.05, 0.1) is 16.9 Å². The number of nitrogens with zero attached hydrogens (tertiary/aromatic N) is 4. The molecule has 3 heterocycles. The van der Waals surface area contributed by atoms with Crippen LogP contribution in [0.4, 0.5) is 0 Å². The highest BCUT2D eigenvalue weighted by Gasteiger charge is 2.45. The van der Waals surface area contributed by atoms with Gasteiger partial charge >= 0.3 is 0 Å². The summed E-state index contributed by atoms with van der Waals surface area (Å²) in [6, 6.07) is 17.0. The predicted octanol–water partition coefficient (Wildman–Crippen LogP) is 5.54. The third kappa shape index (κ3) is 1.88. The van der Waals surface area contributed by atoms with Crippen molar-refractivity contribution in [2.45, 2.75) is 44.9 Å². The number of imidazole rings is 1. The maximum atomic E-state index is 5.19. The number of aromatic nitrogens is 4. The second kappa shape index (κ2) is 4.88. The highest BCUT2D eigenvalue weighted by molar-refractivity contribution is 6.13. The van der Waals surface area contributed by atoms with Gasteiger partial charge in [0.1, 0.15) is 5.65 Å². The standard InChI is InChI=1S/C24H22N4/c1-23(2)13-24(3,4)19-18(23)25-20-22(26-19)28-17-12-8-7-10-15(17)14-9-5-6-11-16(14)21(28)27-20/h5-12H,13H2,1-4H3. The topological polar surface area (TPSA) is 43.1 Å². The van der Waals surface area contributed by atoms with Crippen LogP contribution in [0.15, 0.2) is 48.5 Å². The van der Waals surface area contributed by atoms with Gasteiger partial charge in [-0.25, -0.2) is 15.0 Å². The molecule has 0 saturated carbocycles. The minimum absolute atomic E-state index is 0.0107. The molecule has 0 bridgehead atoms. The Morgan fingerprint density at radius 2 is 1.29 bits per heavy atom. The van der Waals surface area contributed by atoms with Crippen LogP contribution in [0.25, 0.3) is 38.6 Å². The molecule has 0 N–H and O–H groups in total. The molecule has 0 fully saturated rings. The van der Waals surface area contributed by atoms with Crippen molar-refractivity contribution in [1.82, 2.24) is 19.4 Å². The average molecular weight is 366 g/mol. The van der Waals surface area contributed by atoms with Crippen LogP contribution in [0.2, 0.25) is 0 Å². The van der Waals surface area contributed by atoms with Gasteiger partial charge < -0.3 is 0 Å². The van der Waals surface area contributed by atoms with E-state index < -0.39 is 0 Å². The van der Waals surface area contributed by atoms with Crippen molar-refractivity contribution in [1.29, 1.82) is 0 Å². The predicted molar refractivity (Wildman–Crippen MR) is 114 cm³/mol. The lowest BCUT2D eigenvalue weighted by Gasteiger charge is -2.21. The molecule has 0 aliphatic heterocycles. The van der Waals surface area contributed by atoms with Crippen LogP contribution < -0.4 is 0 Å². The van der Waals surface area contributed by atoms with E-state index in [9.17, 15) is 0 Å². The van der Waals surface area contributed by atoms with Crippen molar-refractivity contribution in [2.24, 2.45) is 0 Å². The van der Waals surface area contributed by atoms with Crippen molar-refractivity contribution in [3.05, 3.63) is 59.9 Å². The molecule has 2 aromatic carbocycles. The van der Waals surface area contributed by atoms with E-state index in [1.165, 1.54) is 10.8 Å². The number of hydrogen-bond acceptors (Lipinski definition) is 3. The zero-order chi connectivity index (χ0) is 19.3. The largest absolute Gasteiger partial charge is 0.275 e. The van der Waals surface area contributed by atoms with Gasteiger partial charge in [0.15, 0.2) is 11.3 Å². The first-order valence-corrected chi connectivity index (χ1v) is 9.87. The summed E-state index contributed by atoms with van der Waals surface area (Å²) in [7, 11) is 0. The van der Waals surface area contributed by atoms with Crippen LogP contribution in [-0.4, -0.2) is 19.4 Å². The van der Waals surface area contributed by atoms with Gasteiger partial charge in [0, 0.05) is 21.6 Å². The maximum absolute atomic E-state index is 5.19. The van der Waals surface area contributed by atoms with Crippen LogP contribution in [0, 0.1) is 0 Å². The summed E-state index contributed by atoms with van der Waals surface area (Å²) in [6.07, 6.45) is 1.05. The van der Waals surface area contributed by atoms with E-state index in [0.717, 1.165) is 45.7 Å². The third-order valence-electron chi connectivity index (χ3n) is 6.26. The van der Waals surface area contributed by atoms with Crippen molar-refractivity contribution in [3.63, 3.8) is 0 Å². The van der Waals surface area contributed by atoms with E-state index in [0.29, 0.717) is 0 Å². The Morgan fingerprint density at radius 3 is 2.04 bits per heavy atom. The van der Waals surface area contributed by atoms with Crippen LogP contribution in [-0.2, 0) is 10.8 Å². The second-order valence-electron chi connectivity index (χ2n) is 9.35. The summed E-state index contributed by atoms with van der Waals surface area (Å²) < 4.78 is 2.20. The highest BCUT2D eigenvalue weighted by atomic mass is 15.1. The first-order chi connectivity index (χ1) is 13.4. The molecule has 6 rings (SSSR count). The van der Waals surface area contributed by atoms with E-state index in [1.54, 1.807) is 0 Å². The molecule has 5 aromatic rings. The lowest BCUT2D eigenvalue weighted by atomic mass is 9.83. The van der Waals surface area contributed by atoms with E-state index in [-0.39, 0.29) is 10.8 Å². The fraction of sp³-hybridized carbons (Fsp3) is 0.292. The Labute approximate surface area is 163 Å². The first-order valence-electron chi connectivity index (χ1n) is 9.87. The molecule has 0 radical (unpaired) electrons. The molecule has 4 heteroatoms. The minimum atomic E-state index is 0.0107. The zero-order valence-corrected chi connectivity index (χ0v) is 16.6. The molecule has 0 saturated heterocycles. The summed E-state index contributed by atoms with van der Waals surface area (Å²) >= 11 is 0. The van der Waals surface area contributed by atoms with Crippen LogP contribution in [0.3, 0.4) is 0 Å². The van der Waals surface area contributed by atoms with E-state index in [4.69, 9.17) is 15.0 Å². The number of hydrogen-bond donors (Lipinski definition) is 0. The molecule has 1 aliphatic rings. The van der Waals surface area contributed by atoms with E-state index >= 15 is 0 Å². The SMILES string of the molecule is CC1(C)CC(C)(C)c2nc3c(nc21)nc1c2ccccc2c2ccccc2n31.